The summed E-state index contributed by atoms with van der Waals surface area (Å²) in [7, 11) is 0. The highest BCUT2D eigenvalue weighted by Crippen LogP contribution is 2.16. The van der Waals surface area contributed by atoms with Gasteiger partial charge in [-0.15, -0.1) is 0 Å². The molecular weight excluding hydrogens is 691 g/mol. The SMILES string of the molecule is CCCCCCCCCCCCCCCCCCCCN(CCCCCCCCCCCCCCCCCCCC)CCOCCOC(=O)CCc1cnc[nH]1. The summed E-state index contributed by atoms with van der Waals surface area (Å²) in [6.07, 6.45) is 55.6. The van der Waals surface area contributed by atoms with E-state index in [2.05, 4.69) is 28.7 Å². The van der Waals surface area contributed by atoms with E-state index in [9.17, 15) is 4.79 Å². The van der Waals surface area contributed by atoms with Crippen LogP contribution in [0.1, 0.15) is 257 Å². The molecule has 1 aromatic heterocycles. The molecule has 56 heavy (non-hydrogen) atoms. The molecule has 1 aromatic rings. The number of carbonyl (C=O) groups is 1. The van der Waals surface area contributed by atoms with Crippen LogP contribution in [0.5, 0.6) is 0 Å². The minimum atomic E-state index is -0.173. The van der Waals surface area contributed by atoms with E-state index in [0.717, 1.165) is 12.2 Å². The highest BCUT2D eigenvalue weighted by atomic mass is 16.6. The molecule has 0 aromatic carbocycles. The summed E-state index contributed by atoms with van der Waals surface area (Å²) in [5, 5.41) is 0. The Bertz CT molecular complexity index is 839. The second-order valence-electron chi connectivity index (χ2n) is 17.3. The Hall–Kier alpha value is -1.40. The van der Waals surface area contributed by atoms with Crippen LogP contribution in [0.25, 0.3) is 0 Å². The summed E-state index contributed by atoms with van der Waals surface area (Å²) in [5.41, 5.74) is 0.961. The number of carbonyl (C=O) groups excluding carboxylic acids is 1. The molecule has 0 spiro atoms. The van der Waals surface area contributed by atoms with Crippen molar-refractivity contribution < 1.29 is 14.3 Å². The molecule has 6 heteroatoms. The lowest BCUT2D eigenvalue weighted by Gasteiger charge is -2.22. The molecule has 0 radical (unpaired) electrons. The number of ether oxygens (including phenoxy) is 2. The van der Waals surface area contributed by atoms with Gasteiger partial charge in [-0.3, -0.25) is 4.79 Å². The summed E-state index contributed by atoms with van der Waals surface area (Å²) in [6.45, 7) is 9.47. The number of rotatable bonds is 47. The molecule has 0 fully saturated rings. The highest BCUT2D eigenvalue weighted by Gasteiger charge is 2.07. The fraction of sp³-hybridized carbons (Fsp3) is 0.920. The lowest BCUT2D eigenvalue weighted by atomic mass is 10.0. The summed E-state index contributed by atoms with van der Waals surface area (Å²) in [4.78, 5) is 21.7. The first-order valence-corrected chi connectivity index (χ1v) is 25.2. The van der Waals surface area contributed by atoms with Gasteiger partial charge >= 0.3 is 5.97 Å². The van der Waals surface area contributed by atoms with Crippen LogP contribution >= 0.6 is 0 Å². The number of nitrogens with one attached hydrogen (secondary N) is 1. The van der Waals surface area contributed by atoms with Gasteiger partial charge in [-0.25, -0.2) is 4.98 Å². The van der Waals surface area contributed by atoms with Crippen LogP contribution in [0.15, 0.2) is 12.5 Å². The van der Waals surface area contributed by atoms with E-state index in [1.54, 1.807) is 12.5 Å². The van der Waals surface area contributed by atoms with Crippen molar-refractivity contribution in [3.05, 3.63) is 18.2 Å². The Morgan fingerprint density at radius 1 is 0.482 bits per heavy atom. The Morgan fingerprint density at radius 3 is 1.18 bits per heavy atom. The zero-order valence-corrected chi connectivity index (χ0v) is 37.9. The summed E-state index contributed by atoms with van der Waals surface area (Å²) < 4.78 is 11.3. The molecule has 0 saturated heterocycles. The zero-order valence-electron chi connectivity index (χ0n) is 37.9. The van der Waals surface area contributed by atoms with Crippen LogP contribution < -0.4 is 0 Å². The van der Waals surface area contributed by atoms with E-state index in [4.69, 9.17) is 9.47 Å². The third kappa shape index (κ3) is 39.4. The molecule has 6 nitrogen and oxygen atoms in total. The van der Waals surface area contributed by atoms with Crippen molar-refractivity contribution in [1.29, 1.82) is 0 Å². The van der Waals surface area contributed by atoms with Gasteiger partial charge in [0.2, 0.25) is 0 Å². The smallest absolute Gasteiger partial charge is 0.306 e. The van der Waals surface area contributed by atoms with Crippen molar-refractivity contribution in [1.82, 2.24) is 14.9 Å². The van der Waals surface area contributed by atoms with Crippen LogP contribution in [0, 0.1) is 0 Å². The Kier molecular flexibility index (Phi) is 42.0. The van der Waals surface area contributed by atoms with Crippen molar-refractivity contribution in [2.75, 3.05) is 39.5 Å². The van der Waals surface area contributed by atoms with Gasteiger partial charge in [0.1, 0.15) is 6.61 Å². The Morgan fingerprint density at radius 2 is 0.839 bits per heavy atom. The summed E-state index contributed by atoms with van der Waals surface area (Å²) in [5.74, 6) is -0.173. The van der Waals surface area contributed by atoms with Crippen LogP contribution in [0.2, 0.25) is 0 Å². The number of unbranched alkanes of at least 4 members (excludes halogenated alkanes) is 34. The topological polar surface area (TPSA) is 67.5 Å². The quantitative estimate of drug-likeness (QED) is 0.0526. The highest BCUT2D eigenvalue weighted by molar-refractivity contribution is 5.69. The first kappa shape index (κ1) is 52.6. The molecule has 0 aliphatic carbocycles. The number of aryl methyl sites for hydroxylation is 1. The molecule has 330 valence electrons. The minimum Gasteiger partial charge on any atom is -0.463 e. The molecule has 0 aliphatic heterocycles. The van der Waals surface area contributed by atoms with Gasteiger partial charge in [0, 0.05) is 18.4 Å². The second kappa shape index (κ2) is 44.7. The fourth-order valence-corrected chi connectivity index (χ4v) is 8.05. The van der Waals surface area contributed by atoms with E-state index in [0.29, 0.717) is 32.7 Å². The van der Waals surface area contributed by atoms with Gasteiger partial charge in [-0.05, 0) is 32.4 Å². The maximum Gasteiger partial charge on any atom is 0.306 e. The molecule has 0 amide bonds. The van der Waals surface area contributed by atoms with E-state index in [1.807, 2.05) is 0 Å². The van der Waals surface area contributed by atoms with Gasteiger partial charge in [0.15, 0.2) is 0 Å². The first-order chi connectivity index (χ1) is 27.8. The number of H-pyrrole nitrogens is 1. The lowest BCUT2D eigenvalue weighted by Crippen LogP contribution is -2.30. The standard InChI is InChI=1S/C50H97N3O3/c1-3-5-7-9-11-13-15-17-19-21-23-25-27-29-31-33-35-37-41-53(43-44-55-45-46-56-50(54)40-39-49-47-51-48-52-49)42-38-36-34-32-30-28-26-24-22-20-18-16-14-12-10-8-6-4-2/h47-48H,3-46H2,1-2H3,(H,51,52). The molecule has 0 aliphatic rings. The van der Waals surface area contributed by atoms with Gasteiger partial charge in [-0.1, -0.05) is 232 Å². The fourth-order valence-electron chi connectivity index (χ4n) is 8.05. The average Bonchev–Trinajstić information content (AvgIpc) is 3.74. The van der Waals surface area contributed by atoms with E-state index in [1.165, 1.54) is 244 Å². The van der Waals surface area contributed by atoms with Crippen molar-refractivity contribution in [3.8, 4) is 0 Å². The minimum absolute atomic E-state index is 0.173. The number of hydrogen-bond acceptors (Lipinski definition) is 5. The van der Waals surface area contributed by atoms with Crippen molar-refractivity contribution in [2.45, 2.75) is 258 Å². The monoisotopic (exact) mass is 788 g/mol. The number of esters is 1. The number of aromatic amines is 1. The maximum absolute atomic E-state index is 12.0. The second-order valence-corrected chi connectivity index (χ2v) is 17.3. The third-order valence-corrected chi connectivity index (χ3v) is 11.9. The van der Waals surface area contributed by atoms with Crippen molar-refractivity contribution in [2.24, 2.45) is 0 Å². The van der Waals surface area contributed by atoms with Gasteiger partial charge in [0.25, 0.3) is 0 Å². The molecule has 0 bridgehead atoms. The van der Waals surface area contributed by atoms with Crippen molar-refractivity contribution >= 4 is 5.97 Å². The largest absolute Gasteiger partial charge is 0.463 e. The van der Waals surface area contributed by atoms with Crippen LogP contribution in [-0.2, 0) is 20.7 Å². The molecule has 1 rings (SSSR count). The van der Waals surface area contributed by atoms with Crippen LogP contribution in [0.3, 0.4) is 0 Å². The number of aromatic nitrogens is 2. The van der Waals surface area contributed by atoms with Crippen LogP contribution in [-0.4, -0.2) is 60.3 Å². The molecule has 0 atom stereocenters. The third-order valence-electron chi connectivity index (χ3n) is 11.9. The van der Waals surface area contributed by atoms with E-state index < -0.39 is 0 Å². The first-order valence-electron chi connectivity index (χ1n) is 25.2. The average molecular weight is 788 g/mol. The summed E-state index contributed by atoms with van der Waals surface area (Å²) >= 11 is 0. The predicted octanol–water partition coefficient (Wildman–Crippen LogP) is 15.3. The van der Waals surface area contributed by atoms with Gasteiger partial charge in [0.05, 0.1) is 26.0 Å². The van der Waals surface area contributed by atoms with Crippen molar-refractivity contribution in [3.63, 3.8) is 0 Å². The molecular formula is C50H97N3O3. The molecule has 0 saturated carbocycles. The normalized spacial score (nSPS) is 11.6. The molecule has 0 unspecified atom stereocenters. The number of nitrogens with zero attached hydrogens (tertiary/aromatic N) is 2. The number of imidazole rings is 1. The zero-order chi connectivity index (χ0) is 40.1. The summed E-state index contributed by atoms with van der Waals surface area (Å²) in [6, 6.07) is 0. The van der Waals surface area contributed by atoms with E-state index >= 15 is 0 Å². The number of hydrogen-bond donors (Lipinski definition) is 1. The van der Waals surface area contributed by atoms with E-state index in [-0.39, 0.29) is 5.97 Å². The Labute approximate surface area is 349 Å². The lowest BCUT2D eigenvalue weighted by molar-refractivity contribution is -0.145. The molecule has 1 heterocycles. The van der Waals surface area contributed by atoms with Crippen LogP contribution in [0.4, 0.5) is 0 Å². The van der Waals surface area contributed by atoms with Gasteiger partial charge < -0.3 is 19.4 Å². The Balaban J connectivity index is 2.08. The maximum atomic E-state index is 12.0. The molecule has 1 N–H and O–H groups in total. The van der Waals surface area contributed by atoms with Gasteiger partial charge in [-0.2, -0.15) is 0 Å². The predicted molar refractivity (Wildman–Crippen MR) is 243 cm³/mol.